The quantitative estimate of drug-likeness (QED) is 0.832. The summed E-state index contributed by atoms with van der Waals surface area (Å²) in [5, 5.41) is 10.0. The highest BCUT2D eigenvalue weighted by Crippen LogP contribution is 2.46. The molecular weight excluding hydrogens is 280 g/mol. The van der Waals surface area contributed by atoms with Gasteiger partial charge in [-0.1, -0.05) is 36.0 Å². The zero-order chi connectivity index (χ0) is 14.2. The number of aromatic nitrogens is 3. The van der Waals surface area contributed by atoms with Crippen LogP contribution in [0, 0.1) is 0 Å². The summed E-state index contributed by atoms with van der Waals surface area (Å²) < 4.78 is 2.41. The first-order valence-electron chi connectivity index (χ1n) is 7.71. The number of hydrogen-bond donors (Lipinski definition) is 1. The summed E-state index contributed by atoms with van der Waals surface area (Å²) in [7, 11) is 0. The van der Waals surface area contributed by atoms with Gasteiger partial charge in [0.1, 0.15) is 5.82 Å². The van der Waals surface area contributed by atoms with Gasteiger partial charge in [-0.3, -0.25) is 0 Å². The Kier molecular flexibility index (Phi) is 3.47. The molecule has 2 saturated carbocycles. The van der Waals surface area contributed by atoms with Gasteiger partial charge >= 0.3 is 0 Å². The predicted molar refractivity (Wildman–Crippen MR) is 84.2 cm³/mol. The smallest absolute Gasteiger partial charge is 0.191 e. The fourth-order valence-electron chi connectivity index (χ4n) is 2.72. The molecule has 0 bridgehead atoms. The van der Waals surface area contributed by atoms with E-state index < -0.39 is 0 Å². The topological polar surface area (TPSA) is 56.7 Å². The second kappa shape index (κ2) is 5.46. The van der Waals surface area contributed by atoms with Crippen LogP contribution in [-0.2, 0) is 12.3 Å². The fourth-order valence-corrected chi connectivity index (χ4v) is 3.77. The lowest BCUT2D eigenvalue weighted by Gasteiger charge is -2.09. The Labute approximate surface area is 129 Å². The van der Waals surface area contributed by atoms with Crippen molar-refractivity contribution >= 4 is 11.8 Å². The number of benzene rings is 1. The molecule has 2 fully saturated rings. The highest BCUT2D eigenvalue weighted by Gasteiger charge is 2.36. The third kappa shape index (κ3) is 2.72. The molecule has 4 rings (SSSR count). The van der Waals surface area contributed by atoms with E-state index in [0.717, 1.165) is 10.9 Å². The largest absolute Gasteiger partial charge is 0.326 e. The van der Waals surface area contributed by atoms with Crippen molar-refractivity contribution in [3.63, 3.8) is 0 Å². The Morgan fingerprint density at radius 2 is 1.86 bits per heavy atom. The molecule has 0 aliphatic heterocycles. The predicted octanol–water partition coefficient (Wildman–Crippen LogP) is 3.24. The van der Waals surface area contributed by atoms with Gasteiger partial charge < -0.3 is 10.3 Å². The van der Waals surface area contributed by atoms with Crippen LogP contribution in [-0.4, -0.2) is 14.8 Å². The van der Waals surface area contributed by atoms with Gasteiger partial charge in [-0.15, -0.1) is 10.2 Å². The minimum absolute atomic E-state index is 0.597. The van der Waals surface area contributed by atoms with E-state index in [9.17, 15) is 0 Å². The van der Waals surface area contributed by atoms with E-state index >= 15 is 0 Å². The molecule has 0 spiro atoms. The van der Waals surface area contributed by atoms with E-state index in [1.807, 2.05) is 6.07 Å². The van der Waals surface area contributed by atoms with Gasteiger partial charge in [-0.2, -0.15) is 0 Å². The maximum Gasteiger partial charge on any atom is 0.191 e. The molecule has 110 valence electrons. The molecule has 2 aromatic rings. The Morgan fingerprint density at radius 1 is 1.10 bits per heavy atom. The van der Waals surface area contributed by atoms with Gasteiger partial charge in [0.05, 0.1) is 0 Å². The highest BCUT2D eigenvalue weighted by atomic mass is 32.2. The second-order valence-electron chi connectivity index (χ2n) is 5.98. The Balaban J connectivity index is 1.54. The van der Waals surface area contributed by atoms with Crippen molar-refractivity contribution in [2.24, 2.45) is 5.73 Å². The zero-order valence-corrected chi connectivity index (χ0v) is 12.9. The van der Waals surface area contributed by atoms with Crippen LogP contribution in [0.1, 0.15) is 54.6 Å². The summed E-state index contributed by atoms with van der Waals surface area (Å²) in [6, 6.07) is 9.05. The summed E-state index contributed by atoms with van der Waals surface area (Å²) in [4.78, 5) is 0. The first-order valence-corrected chi connectivity index (χ1v) is 8.70. The summed E-state index contributed by atoms with van der Waals surface area (Å²) in [6.07, 6.45) is 5.13. The molecule has 21 heavy (non-hydrogen) atoms. The van der Waals surface area contributed by atoms with Crippen molar-refractivity contribution < 1.29 is 0 Å². The van der Waals surface area contributed by atoms with Crippen LogP contribution in [0.4, 0.5) is 0 Å². The fraction of sp³-hybridized carbons (Fsp3) is 0.500. The lowest BCUT2D eigenvalue weighted by atomic mass is 10.1. The van der Waals surface area contributed by atoms with Crippen molar-refractivity contribution in [2.75, 3.05) is 0 Å². The number of nitrogens with zero attached hydrogens (tertiary/aromatic N) is 3. The third-order valence-corrected chi connectivity index (χ3v) is 5.23. The van der Waals surface area contributed by atoms with Crippen LogP contribution in [0.3, 0.4) is 0 Å². The van der Waals surface area contributed by atoms with Crippen LogP contribution in [0.15, 0.2) is 29.4 Å². The first kappa shape index (κ1) is 13.3. The molecule has 0 atom stereocenters. The van der Waals surface area contributed by atoms with Crippen LogP contribution in [0.5, 0.6) is 0 Å². The van der Waals surface area contributed by atoms with Gasteiger partial charge in [-0.05, 0) is 36.8 Å². The normalized spacial score (nSPS) is 18.1. The number of nitrogens with two attached hydrogens (primary N) is 1. The van der Waals surface area contributed by atoms with Crippen LogP contribution >= 0.6 is 11.8 Å². The molecule has 4 nitrogen and oxygen atoms in total. The van der Waals surface area contributed by atoms with Gasteiger partial charge in [0.25, 0.3) is 0 Å². The van der Waals surface area contributed by atoms with Crippen molar-refractivity contribution in [1.29, 1.82) is 0 Å². The minimum atomic E-state index is 0.597. The zero-order valence-electron chi connectivity index (χ0n) is 12.0. The average Bonchev–Trinajstić information content (AvgIpc) is 3.44. The molecule has 0 unspecified atom stereocenters. The molecule has 0 amide bonds. The summed E-state index contributed by atoms with van der Waals surface area (Å²) in [5.74, 6) is 2.82. The monoisotopic (exact) mass is 300 g/mol. The van der Waals surface area contributed by atoms with Gasteiger partial charge in [0.2, 0.25) is 0 Å². The van der Waals surface area contributed by atoms with Gasteiger partial charge in [0, 0.05) is 24.3 Å². The maximum atomic E-state index is 5.82. The molecule has 0 radical (unpaired) electrons. The Morgan fingerprint density at radius 3 is 2.52 bits per heavy atom. The van der Waals surface area contributed by atoms with E-state index in [1.54, 1.807) is 11.8 Å². The van der Waals surface area contributed by atoms with Crippen molar-refractivity contribution in [1.82, 2.24) is 14.8 Å². The second-order valence-corrected chi connectivity index (χ2v) is 6.92. The lowest BCUT2D eigenvalue weighted by molar-refractivity contribution is 0.627. The Bertz CT molecular complexity index is 643. The van der Waals surface area contributed by atoms with Crippen LogP contribution in [0.25, 0.3) is 0 Å². The molecule has 2 aliphatic rings. The molecule has 2 N–H and O–H groups in total. The van der Waals surface area contributed by atoms with E-state index in [2.05, 4.69) is 33.0 Å². The number of thioether (sulfide) groups is 1. The molecule has 0 saturated heterocycles. The van der Waals surface area contributed by atoms with Gasteiger partial charge in [-0.25, -0.2) is 0 Å². The third-order valence-electron chi connectivity index (χ3n) is 4.24. The van der Waals surface area contributed by atoms with E-state index in [0.29, 0.717) is 18.5 Å². The lowest BCUT2D eigenvalue weighted by Crippen LogP contribution is -2.03. The Hall–Kier alpha value is -1.33. The minimum Gasteiger partial charge on any atom is -0.326 e. The number of hydrogen-bond acceptors (Lipinski definition) is 4. The summed E-state index contributed by atoms with van der Waals surface area (Å²) in [5.41, 5.74) is 8.35. The highest BCUT2D eigenvalue weighted by molar-refractivity contribution is 7.98. The maximum absolute atomic E-state index is 5.82. The standard InChI is InChI=1S/C16H20N4S/c17-9-12-3-1-2-4-13(12)10-21-16-19-18-15(11-5-6-11)20(16)14-7-8-14/h1-4,11,14H,5-10,17H2. The first-order chi connectivity index (χ1) is 10.4. The molecule has 1 aromatic heterocycles. The van der Waals surface area contributed by atoms with Crippen LogP contribution in [0.2, 0.25) is 0 Å². The summed E-state index contributed by atoms with van der Waals surface area (Å²) in [6.45, 7) is 0.597. The molecular formula is C16H20N4S. The van der Waals surface area contributed by atoms with Gasteiger partial charge in [0.15, 0.2) is 5.16 Å². The molecule has 1 heterocycles. The summed E-state index contributed by atoms with van der Waals surface area (Å²) >= 11 is 1.80. The SMILES string of the molecule is NCc1ccccc1CSc1nnc(C2CC2)n1C1CC1. The molecule has 5 heteroatoms. The van der Waals surface area contributed by atoms with Crippen LogP contribution < -0.4 is 5.73 Å². The average molecular weight is 300 g/mol. The molecule has 1 aromatic carbocycles. The van der Waals surface area contributed by atoms with Crippen molar-refractivity contribution in [3.8, 4) is 0 Å². The number of rotatable bonds is 6. The van der Waals surface area contributed by atoms with Crippen molar-refractivity contribution in [2.45, 2.75) is 55.1 Å². The van der Waals surface area contributed by atoms with E-state index in [4.69, 9.17) is 5.73 Å². The van der Waals surface area contributed by atoms with E-state index in [1.165, 1.54) is 42.6 Å². The van der Waals surface area contributed by atoms with Crippen molar-refractivity contribution in [3.05, 3.63) is 41.2 Å². The molecule has 2 aliphatic carbocycles. The van der Waals surface area contributed by atoms with E-state index in [-0.39, 0.29) is 0 Å².